The number of nitrogens with zero attached hydrogens (tertiary/aromatic N) is 2. The van der Waals surface area contributed by atoms with E-state index in [9.17, 15) is 9.59 Å². The first kappa shape index (κ1) is 23.4. The molecule has 3 aromatic carbocycles. The summed E-state index contributed by atoms with van der Waals surface area (Å²) in [5, 5.41) is 3.96. The van der Waals surface area contributed by atoms with E-state index in [0.717, 1.165) is 22.6 Å². The van der Waals surface area contributed by atoms with E-state index in [4.69, 9.17) is 9.47 Å². The highest BCUT2D eigenvalue weighted by Gasteiger charge is 2.14. The van der Waals surface area contributed by atoms with Crippen molar-refractivity contribution in [2.24, 2.45) is 0 Å². The van der Waals surface area contributed by atoms with Crippen LogP contribution in [0.15, 0.2) is 82.7 Å². The molecular formula is C26H25N3O4S. The molecule has 4 rings (SSSR count). The van der Waals surface area contributed by atoms with Crippen molar-refractivity contribution in [1.29, 1.82) is 0 Å². The van der Waals surface area contributed by atoms with Gasteiger partial charge in [0, 0.05) is 6.54 Å². The maximum Gasteiger partial charge on any atom is 0.262 e. The fraction of sp³-hybridized carbons (Fsp3) is 0.192. The van der Waals surface area contributed by atoms with Crippen LogP contribution in [-0.4, -0.2) is 35.4 Å². The molecule has 0 unspecified atom stereocenters. The Kier molecular flexibility index (Phi) is 7.49. The van der Waals surface area contributed by atoms with Crippen LogP contribution in [0.25, 0.3) is 10.9 Å². The predicted octanol–water partition coefficient (Wildman–Crippen LogP) is 3.87. The third kappa shape index (κ3) is 5.58. The number of hydrogen-bond acceptors (Lipinski definition) is 6. The van der Waals surface area contributed by atoms with Crippen molar-refractivity contribution in [2.75, 3.05) is 20.0 Å². The van der Waals surface area contributed by atoms with Gasteiger partial charge in [-0.3, -0.25) is 14.2 Å². The number of amides is 1. The molecule has 0 bridgehead atoms. The van der Waals surface area contributed by atoms with E-state index in [1.807, 2.05) is 66.7 Å². The average molecular weight is 476 g/mol. The third-order valence-electron chi connectivity index (χ3n) is 5.31. The van der Waals surface area contributed by atoms with Gasteiger partial charge in [0.05, 0.1) is 37.4 Å². The number of hydrogen-bond donors (Lipinski definition) is 1. The first-order valence-corrected chi connectivity index (χ1v) is 11.7. The summed E-state index contributed by atoms with van der Waals surface area (Å²) in [4.78, 5) is 30.5. The Labute approximate surface area is 201 Å². The minimum Gasteiger partial charge on any atom is -0.497 e. The number of aromatic nitrogens is 2. The second-order valence-electron chi connectivity index (χ2n) is 7.56. The van der Waals surface area contributed by atoms with Gasteiger partial charge in [-0.25, -0.2) is 4.98 Å². The summed E-state index contributed by atoms with van der Waals surface area (Å²) in [5.74, 6) is 1.52. The molecule has 8 heteroatoms. The van der Waals surface area contributed by atoms with Gasteiger partial charge in [-0.2, -0.15) is 0 Å². The summed E-state index contributed by atoms with van der Waals surface area (Å²) in [5.41, 5.74) is 2.38. The topological polar surface area (TPSA) is 82.5 Å². The first-order chi connectivity index (χ1) is 16.6. The molecule has 0 saturated heterocycles. The Hall–Kier alpha value is -3.78. The number of para-hydroxylation sites is 1. The normalized spacial score (nSPS) is 10.8. The van der Waals surface area contributed by atoms with Crippen molar-refractivity contribution in [2.45, 2.75) is 18.2 Å². The molecular weight excluding hydrogens is 450 g/mol. The highest BCUT2D eigenvalue weighted by atomic mass is 32.2. The summed E-state index contributed by atoms with van der Waals surface area (Å²) in [6.07, 6.45) is 0. The number of carbonyl (C=O) groups is 1. The monoisotopic (exact) mass is 475 g/mol. The Morgan fingerprint density at radius 1 is 0.912 bits per heavy atom. The van der Waals surface area contributed by atoms with Gasteiger partial charge >= 0.3 is 0 Å². The second-order valence-corrected chi connectivity index (χ2v) is 8.51. The zero-order valence-corrected chi connectivity index (χ0v) is 19.8. The van der Waals surface area contributed by atoms with Gasteiger partial charge in [-0.1, -0.05) is 48.2 Å². The van der Waals surface area contributed by atoms with Gasteiger partial charge in [0.15, 0.2) is 5.16 Å². The summed E-state index contributed by atoms with van der Waals surface area (Å²) in [6, 6.07) is 22.3. The molecule has 1 amide bonds. The molecule has 0 atom stereocenters. The minimum atomic E-state index is -0.140. The van der Waals surface area contributed by atoms with Crippen LogP contribution in [-0.2, 0) is 17.9 Å². The van der Waals surface area contributed by atoms with Gasteiger partial charge in [-0.05, 0) is 47.5 Å². The van der Waals surface area contributed by atoms with Crippen LogP contribution in [0, 0.1) is 0 Å². The molecule has 34 heavy (non-hydrogen) atoms. The lowest BCUT2D eigenvalue weighted by Gasteiger charge is -2.14. The number of thioether (sulfide) groups is 1. The molecule has 0 spiro atoms. The fourth-order valence-electron chi connectivity index (χ4n) is 3.44. The van der Waals surface area contributed by atoms with Gasteiger partial charge in [0.2, 0.25) is 5.91 Å². The molecule has 7 nitrogen and oxygen atoms in total. The van der Waals surface area contributed by atoms with Crippen LogP contribution in [0.4, 0.5) is 0 Å². The van der Waals surface area contributed by atoms with Crippen molar-refractivity contribution >= 4 is 28.6 Å². The highest BCUT2D eigenvalue weighted by molar-refractivity contribution is 7.99. The molecule has 0 aliphatic carbocycles. The van der Waals surface area contributed by atoms with E-state index in [2.05, 4.69) is 10.3 Å². The smallest absolute Gasteiger partial charge is 0.262 e. The molecule has 0 radical (unpaired) electrons. The third-order valence-corrected chi connectivity index (χ3v) is 6.28. The quantitative estimate of drug-likeness (QED) is 0.292. The molecule has 1 aromatic heterocycles. The van der Waals surface area contributed by atoms with Crippen LogP contribution in [0.5, 0.6) is 11.5 Å². The predicted molar refractivity (Wildman–Crippen MR) is 134 cm³/mol. The number of ether oxygens (including phenoxy) is 2. The molecule has 174 valence electrons. The zero-order chi connectivity index (χ0) is 23.9. The van der Waals surface area contributed by atoms with Crippen molar-refractivity contribution in [3.63, 3.8) is 0 Å². The Bertz CT molecular complexity index is 1340. The minimum absolute atomic E-state index is 0.137. The molecule has 1 heterocycles. The molecule has 1 N–H and O–H groups in total. The van der Waals surface area contributed by atoms with E-state index >= 15 is 0 Å². The molecule has 4 aromatic rings. The van der Waals surface area contributed by atoms with Crippen LogP contribution < -0.4 is 20.3 Å². The van der Waals surface area contributed by atoms with E-state index in [1.54, 1.807) is 24.9 Å². The van der Waals surface area contributed by atoms with Gasteiger partial charge in [0.25, 0.3) is 5.56 Å². The number of fused-ring (bicyclic) bond motifs is 1. The summed E-state index contributed by atoms with van der Waals surface area (Å²) < 4.78 is 12.0. The zero-order valence-electron chi connectivity index (χ0n) is 19.0. The Balaban J connectivity index is 1.51. The van der Waals surface area contributed by atoms with Crippen molar-refractivity contribution < 1.29 is 14.3 Å². The first-order valence-electron chi connectivity index (χ1n) is 10.7. The van der Waals surface area contributed by atoms with Gasteiger partial charge in [-0.15, -0.1) is 0 Å². The van der Waals surface area contributed by atoms with E-state index in [-0.39, 0.29) is 17.2 Å². The lowest BCUT2D eigenvalue weighted by atomic mass is 10.2. The van der Waals surface area contributed by atoms with Crippen molar-refractivity contribution in [1.82, 2.24) is 14.9 Å². The highest BCUT2D eigenvalue weighted by Crippen LogP contribution is 2.20. The second kappa shape index (κ2) is 10.9. The molecule has 0 aliphatic rings. The number of rotatable bonds is 9. The average Bonchev–Trinajstić information content (AvgIpc) is 2.88. The lowest BCUT2D eigenvalue weighted by Crippen LogP contribution is -2.27. The van der Waals surface area contributed by atoms with Crippen LogP contribution >= 0.6 is 11.8 Å². The summed E-state index contributed by atoms with van der Waals surface area (Å²) >= 11 is 1.25. The number of methoxy groups -OCH3 is 2. The maximum atomic E-state index is 13.3. The maximum absolute atomic E-state index is 13.3. The molecule has 0 fully saturated rings. The van der Waals surface area contributed by atoms with Crippen LogP contribution in [0.2, 0.25) is 0 Å². The molecule has 0 aliphatic heterocycles. The number of carbonyl (C=O) groups excluding carboxylic acids is 1. The van der Waals surface area contributed by atoms with E-state index in [1.165, 1.54) is 11.8 Å². The fourth-order valence-corrected chi connectivity index (χ4v) is 4.26. The number of nitrogens with one attached hydrogen (secondary N) is 1. The Morgan fingerprint density at radius 3 is 2.18 bits per heavy atom. The summed E-state index contributed by atoms with van der Waals surface area (Å²) in [7, 11) is 3.23. The van der Waals surface area contributed by atoms with Crippen molar-refractivity contribution in [3.8, 4) is 11.5 Å². The van der Waals surface area contributed by atoms with Gasteiger partial charge in [0.1, 0.15) is 11.5 Å². The van der Waals surface area contributed by atoms with Crippen LogP contribution in [0.3, 0.4) is 0 Å². The largest absolute Gasteiger partial charge is 0.497 e. The van der Waals surface area contributed by atoms with E-state index < -0.39 is 0 Å². The Morgan fingerprint density at radius 2 is 1.53 bits per heavy atom. The van der Waals surface area contributed by atoms with Crippen LogP contribution in [0.1, 0.15) is 11.1 Å². The summed E-state index contributed by atoms with van der Waals surface area (Å²) in [6.45, 7) is 0.754. The molecule has 0 saturated carbocycles. The standard InChI is InChI=1S/C26H25N3O4S/c1-32-20-11-7-18(8-12-20)15-27-24(30)17-34-26-28-23-6-4-3-5-22(23)25(31)29(26)16-19-9-13-21(33-2)14-10-19/h3-14H,15-17H2,1-2H3,(H,27,30). The lowest BCUT2D eigenvalue weighted by molar-refractivity contribution is -0.118. The van der Waals surface area contributed by atoms with Gasteiger partial charge < -0.3 is 14.8 Å². The van der Waals surface area contributed by atoms with E-state index in [0.29, 0.717) is 29.1 Å². The number of benzene rings is 3. The SMILES string of the molecule is COc1ccc(CNC(=O)CSc2nc3ccccc3c(=O)n2Cc2ccc(OC)cc2)cc1. The van der Waals surface area contributed by atoms with Crippen molar-refractivity contribution in [3.05, 3.63) is 94.3 Å².